The molecule has 17 heteroatoms. The zero-order valence-corrected chi connectivity index (χ0v) is 31.4. The van der Waals surface area contributed by atoms with Gasteiger partial charge in [-0.05, 0) is 25.7 Å². The molecule has 0 saturated heterocycles. The molecule has 5 N–H and O–H groups in total. The van der Waals surface area contributed by atoms with Crippen molar-refractivity contribution in [1.82, 2.24) is 14.7 Å². The fourth-order valence-corrected chi connectivity index (χ4v) is 5.76. The van der Waals surface area contributed by atoms with E-state index in [1.54, 1.807) is 0 Å². The molecule has 1 unspecified atom stereocenters. The summed E-state index contributed by atoms with van der Waals surface area (Å²) in [4.78, 5) is 85.2. The summed E-state index contributed by atoms with van der Waals surface area (Å²) in [5, 5.41) is 46.4. The van der Waals surface area contributed by atoms with Crippen LogP contribution in [-0.4, -0.2) is 154 Å². The predicted octanol–water partition coefficient (Wildman–Crippen LogP) is 3.42. The Morgan fingerprint density at radius 3 is 1.30 bits per heavy atom. The molecule has 0 saturated carbocycles. The molecule has 0 aromatic heterocycles. The molecule has 0 heterocycles. The molecule has 0 aliphatic carbocycles. The Balaban J connectivity index is 4.77. The zero-order chi connectivity index (χ0) is 39.9. The number of hydrogen-bond donors (Lipinski definition) is 5. The van der Waals surface area contributed by atoms with E-state index >= 15 is 0 Å². The third-order valence-corrected chi connectivity index (χ3v) is 8.42. The third kappa shape index (κ3) is 31.4. The van der Waals surface area contributed by atoms with Crippen LogP contribution in [0.25, 0.3) is 0 Å². The lowest BCUT2D eigenvalue weighted by Crippen LogP contribution is -2.51. The molecule has 0 bridgehead atoms. The second-order valence-corrected chi connectivity index (χ2v) is 13.3. The van der Waals surface area contributed by atoms with E-state index in [0.29, 0.717) is 25.9 Å². The Hall–Kier alpha value is -3.83. The number of unbranched alkanes of at least 4 members (excludes halogenated alkanes) is 13. The third-order valence-electron chi connectivity index (χ3n) is 8.42. The van der Waals surface area contributed by atoms with Crippen LogP contribution in [0.1, 0.15) is 116 Å². The molecule has 1 atom stereocenters. The van der Waals surface area contributed by atoms with Gasteiger partial charge in [-0.25, -0.2) is 0 Å². The van der Waals surface area contributed by atoms with E-state index in [0.717, 1.165) is 29.1 Å². The van der Waals surface area contributed by atoms with Crippen molar-refractivity contribution < 1.29 is 68.6 Å². The summed E-state index contributed by atoms with van der Waals surface area (Å²) in [6.07, 6.45) is 15.8. The van der Waals surface area contributed by atoms with Crippen LogP contribution >= 0.6 is 0 Å². The van der Waals surface area contributed by atoms with E-state index in [4.69, 9.17) is 19.7 Å². The summed E-state index contributed by atoms with van der Waals surface area (Å²) in [7, 11) is 0. The van der Waals surface area contributed by atoms with Crippen molar-refractivity contribution >= 4 is 41.8 Å². The summed E-state index contributed by atoms with van der Waals surface area (Å²) >= 11 is 0. The maximum Gasteiger partial charge on any atom is 0.317 e. The quantitative estimate of drug-likeness (QED) is 0.0449. The monoisotopic (exact) mass is 761 g/mol. The van der Waals surface area contributed by atoms with Gasteiger partial charge in [0.15, 0.2) is 0 Å². The van der Waals surface area contributed by atoms with Crippen molar-refractivity contribution in [3.05, 3.63) is 0 Å². The molecule has 0 aromatic carbocycles. The Bertz CT molecular complexity index is 1060. The number of ether oxygens (including phenoxy) is 2. The molecule has 0 aliphatic rings. The van der Waals surface area contributed by atoms with Gasteiger partial charge in [0.2, 0.25) is 0 Å². The molecule has 306 valence electrons. The van der Waals surface area contributed by atoms with Gasteiger partial charge in [0.25, 0.3) is 0 Å². The van der Waals surface area contributed by atoms with Gasteiger partial charge in [-0.2, -0.15) is 0 Å². The summed E-state index contributed by atoms with van der Waals surface area (Å²) in [6.45, 7) is -1.62. The molecule has 0 amide bonds. The lowest BCUT2D eigenvalue weighted by molar-refractivity contribution is -0.150. The number of aliphatic carboxylic acids is 5. The Labute approximate surface area is 312 Å². The van der Waals surface area contributed by atoms with Gasteiger partial charge in [0.05, 0.1) is 52.4 Å². The van der Waals surface area contributed by atoms with Crippen LogP contribution in [-0.2, 0) is 43.0 Å². The molecule has 0 radical (unpaired) electrons. The maximum absolute atomic E-state index is 12.8. The number of carboxylic acids is 5. The molecule has 0 rings (SSSR count). The van der Waals surface area contributed by atoms with E-state index < -0.39 is 81.0 Å². The maximum atomic E-state index is 12.8. The summed E-state index contributed by atoms with van der Waals surface area (Å²) in [5.41, 5.74) is 0. The minimum absolute atomic E-state index is 0.0184. The fourth-order valence-electron chi connectivity index (χ4n) is 5.76. The van der Waals surface area contributed by atoms with E-state index in [1.165, 1.54) is 62.7 Å². The highest BCUT2D eigenvalue weighted by Crippen LogP contribution is 2.13. The van der Waals surface area contributed by atoms with E-state index in [9.17, 15) is 48.9 Å². The fraction of sp³-hybridized carbons (Fsp3) is 0.806. The van der Waals surface area contributed by atoms with Crippen molar-refractivity contribution in [2.24, 2.45) is 0 Å². The number of carbonyl (C=O) groups excluding carboxylic acids is 2. The van der Waals surface area contributed by atoms with Crippen LogP contribution < -0.4 is 0 Å². The molecule has 53 heavy (non-hydrogen) atoms. The van der Waals surface area contributed by atoms with Gasteiger partial charge < -0.3 is 35.0 Å². The first-order valence-corrected chi connectivity index (χ1v) is 18.8. The second kappa shape index (κ2) is 31.7. The van der Waals surface area contributed by atoms with Gasteiger partial charge in [-0.15, -0.1) is 0 Å². The second-order valence-electron chi connectivity index (χ2n) is 13.3. The smallest absolute Gasteiger partial charge is 0.317 e. The lowest BCUT2D eigenvalue weighted by Gasteiger charge is -2.33. The van der Waals surface area contributed by atoms with Crippen LogP contribution in [0, 0.1) is 0 Å². The molecule has 0 aromatic rings. The number of rotatable bonds is 37. The van der Waals surface area contributed by atoms with Gasteiger partial charge >= 0.3 is 41.8 Å². The van der Waals surface area contributed by atoms with Crippen molar-refractivity contribution in [1.29, 1.82) is 0 Å². The van der Waals surface area contributed by atoms with Crippen molar-refractivity contribution in [2.45, 2.75) is 122 Å². The van der Waals surface area contributed by atoms with Gasteiger partial charge in [0.1, 0.15) is 0 Å². The van der Waals surface area contributed by atoms with Crippen LogP contribution in [0.3, 0.4) is 0 Å². The zero-order valence-electron chi connectivity index (χ0n) is 31.4. The average Bonchev–Trinajstić information content (AvgIpc) is 3.05. The number of carbonyl (C=O) groups is 7. The van der Waals surface area contributed by atoms with Crippen molar-refractivity contribution in [3.8, 4) is 0 Å². The van der Waals surface area contributed by atoms with Crippen molar-refractivity contribution in [3.63, 3.8) is 0 Å². The minimum Gasteiger partial charge on any atom is -0.480 e. The Morgan fingerprint density at radius 2 is 0.849 bits per heavy atom. The van der Waals surface area contributed by atoms with E-state index in [-0.39, 0.29) is 38.6 Å². The first-order valence-electron chi connectivity index (χ1n) is 18.8. The summed E-state index contributed by atoms with van der Waals surface area (Å²) in [5.74, 6) is -7.79. The summed E-state index contributed by atoms with van der Waals surface area (Å²) < 4.78 is 10.6. The average molecular weight is 762 g/mol. The van der Waals surface area contributed by atoms with Gasteiger partial charge in [-0.1, -0.05) is 77.6 Å². The highest BCUT2D eigenvalue weighted by Gasteiger charge is 2.29. The van der Waals surface area contributed by atoms with Gasteiger partial charge in [0, 0.05) is 32.1 Å². The van der Waals surface area contributed by atoms with Crippen molar-refractivity contribution in [2.75, 3.05) is 65.6 Å². The Kier molecular flexibility index (Phi) is 29.4. The highest BCUT2D eigenvalue weighted by atomic mass is 16.5. The molecule has 0 spiro atoms. The standard InChI is InChI=1S/C36H63N3O14/c1-2-3-4-5-6-7-8-9-10-11-12-15-20-52-35(50)17-14-13-16-21-53-36(51)22-29(39(27-33(46)47)28-34(48)49)23-37(24-30(40)41)18-19-38(25-31(42)43)26-32(44)45/h29H,2-28H2,1H3,(H,40,41)(H,42,43)(H,44,45)(H,46,47)(H,48,49). The predicted molar refractivity (Wildman–Crippen MR) is 193 cm³/mol. The highest BCUT2D eigenvalue weighted by molar-refractivity contribution is 5.74. The largest absolute Gasteiger partial charge is 0.480 e. The topological polar surface area (TPSA) is 249 Å². The van der Waals surface area contributed by atoms with E-state index in [1.807, 2.05) is 0 Å². The van der Waals surface area contributed by atoms with Crippen LogP contribution in [0.15, 0.2) is 0 Å². The molecule has 0 fully saturated rings. The van der Waals surface area contributed by atoms with E-state index in [2.05, 4.69) is 6.92 Å². The molecule has 0 aliphatic heterocycles. The minimum atomic E-state index is -1.39. The summed E-state index contributed by atoms with van der Waals surface area (Å²) in [6, 6.07) is -1.14. The number of esters is 2. The number of nitrogens with zero attached hydrogens (tertiary/aromatic N) is 3. The molecule has 17 nitrogen and oxygen atoms in total. The van der Waals surface area contributed by atoms with Crippen LogP contribution in [0.4, 0.5) is 0 Å². The Morgan fingerprint density at radius 1 is 0.472 bits per heavy atom. The number of hydrogen-bond acceptors (Lipinski definition) is 12. The first kappa shape index (κ1) is 49.2. The SMILES string of the molecule is CCCCCCCCCCCCCCOC(=O)CCCCCOC(=O)CC(CN(CCN(CC(=O)O)CC(=O)O)CC(=O)O)N(CC(=O)O)CC(=O)O. The number of carboxylic acid groups (broad SMARTS) is 5. The normalized spacial score (nSPS) is 11.8. The van der Waals surface area contributed by atoms with Gasteiger partial charge in [-0.3, -0.25) is 48.3 Å². The molecular formula is C36H63N3O14. The molecular weight excluding hydrogens is 698 g/mol. The lowest BCUT2D eigenvalue weighted by atomic mass is 10.1. The first-order chi connectivity index (χ1) is 25.2. The van der Waals surface area contributed by atoms with Crippen LogP contribution in [0.5, 0.6) is 0 Å². The van der Waals surface area contributed by atoms with Crippen LogP contribution in [0.2, 0.25) is 0 Å².